The number of nitrogens with zero attached hydrogens (tertiary/aromatic N) is 2. The summed E-state index contributed by atoms with van der Waals surface area (Å²) in [4.78, 5) is 42.8. The number of carbonyl (C=O) groups excluding carboxylic acids is 3. The van der Waals surface area contributed by atoms with Crippen LogP contribution in [0.25, 0.3) is 0 Å². The third-order valence-corrected chi connectivity index (χ3v) is 6.27. The lowest BCUT2D eigenvalue weighted by Gasteiger charge is -2.49. The fourth-order valence-corrected chi connectivity index (χ4v) is 4.99. The molecule has 142 valence electrons. The number of rotatable bonds is 2. The molecular weight excluding hydrogens is 354 g/mol. The fraction of sp³-hybridized carbons (Fsp3) is 0.318. The minimum atomic E-state index is -1.26. The summed E-state index contributed by atoms with van der Waals surface area (Å²) < 4.78 is 0. The van der Waals surface area contributed by atoms with Crippen LogP contribution in [-0.4, -0.2) is 35.3 Å². The molecule has 1 spiro atoms. The van der Waals surface area contributed by atoms with Crippen molar-refractivity contribution in [1.29, 1.82) is 0 Å². The number of para-hydroxylation sites is 1. The van der Waals surface area contributed by atoms with Gasteiger partial charge >= 0.3 is 6.03 Å². The molecule has 2 aromatic rings. The van der Waals surface area contributed by atoms with Gasteiger partial charge in [-0.25, -0.2) is 4.79 Å². The lowest BCUT2D eigenvalue weighted by Crippen LogP contribution is -2.70. The van der Waals surface area contributed by atoms with Crippen molar-refractivity contribution < 1.29 is 14.4 Å². The highest BCUT2D eigenvalue weighted by Crippen LogP contribution is 2.48. The van der Waals surface area contributed by atoms with E-state index in [9.17, 15) is 14.4 Å². The summed E-state index contributed by atoms with van der Waals surface area (Å²) >= 11 is 0. The highest BCUT2D eigenvalue weighted by molar-refractivity contribution is 6.20. The molecule has 5 rings (SSSR count). The van der Waals surface area contributed by atoms with E-state index in [4.69, 9.17) is 0 Å². The van der Waals surface area contributed by atoms with E-state index in [1.54, 1.807) is 0 Å². The van der Waals surface area contributed by atoms with Gasteiger partial charge in [-0.05, 0) is 36.5 Å². The monoisotopic (exact) mass is 375 g/mol. The second-order valence-corrected chi connectivity index (χ2v) is 7.76. The van der Waals surface area contributed by atoms with E-state index in [0.29, 0.717) is 6.42 Å². The molecule has 6 heteroatoms. The number of anilines is 1. The van der Waals surface area contributed by atoms with Gasteiger partial charge in [-0.15, -0.1) is 0 Å². The Labute approximate surface area is 163 Å². The standard InChI is InChI=1S/C22H21N3O3/c26-19-22(13-16-9-4-5-10-17(16)24-12-6-11-18(22)24)20(27)25(21(28)23-19)14-15-7-2-1-3-8-15/h1-5,7-10,18H,6,11-14H2,(H,23,26,28)/t18-,22-/m1/s1. The molecule has 28 heavy (non-hydrogen) atoms. The summed E-state index contributed by atoms with van der Waals surface area (Å²) in [7, 11) is 0. The van der Waals surface area contributed by atoms with E-state index in [-0.39, 0.29) is 18.5 Å². The van der Waals surface area contributed by atoms with E-state index in [1.165, 1.54) is 4.90 Å². The lowest BCUT2D eigenvalue weighted by atomic mass is 9.68. The van der Waals surface area contributed by atoms with Crippen LogP contribution in [0.4, 0.5) is 10.5 Å². The first-order chi connectivity index (χ1) is 13.6. The van der Waals surface area contributed by atoms with Gasteiger partial charge in [0.1, 0.15) is 0 Å². The molecular formula is C22H21N3O3. The molecule has 2 atom stereocenters. The zero-order chi connectivity index (χ0) is 19.3. The zero-order valence-electron chi connectivity index (χ0n) is 15.4. The third-order valence-electron chi connectivity index (χ3n) is 6.27. The molecule has 6 nitrogen and oxygen atoms in total. The summed E-state index contributed by atoms with van der Waals surface area (Å²) in [5, 5.41) is 2.48. The van der Waals surface area contributed by atoms with E-state index >= 15 is 0 Å². The number of carbonyl (C=O) groups is 3. The Morgan fingerprint density at radius 2 is 1.75 bits per heavy atom. The van der Waals surface area contributed by atoms with E-state index in [2.05, 4.69) is 16.3 Å². The van der Waals surface area contributed by atoms with Gasteiger partial charge in [-0.1, -0.05) is 48.5 Å². The number of fused-ring (bicyclic) bond motifs is 4. The lowest BCUT2D eigenvalue weighted by molar-refractivity contribution is -0.153. The average Bonchev–Trinajstić information content (AvgIpc) is 3.21. The van der Waals surface area contributed by atoms with Crippen molar-refractivity contribution >= 4 is 23.5 Å². The molecule has 0 unspecified atom stereocenters. The number of hydrogen-bond acceptors (Lipinski definition) is 4. The normalized spacial score (nSPS) is 26.3. The maximum atomic E-state index is 13.7. The van der Waals surface area contributed by atoms with Crippen LogP contribution >= 0.6 is 0 Å². The number of amides is 4. The van der Waals surface area contributed by atoms with Gasteiger partial charge in [0, 0.05) is 12.2 Å². The average molecular weight is 375 g/mol. The van der Waals surface area contributed by atoms with Crippen molar-refractivity contribution in [3.63, 3.8) is 0 Å². The van der Waals surface area contributed by atoms with E-state index < -0.39 is 17.4 Å². The van der Waals surface area contributed by atoms with Gasteiger partial charge in [0.25, 0.3) is 0 Å². The fourth-order valence-electron chi connectivity index (χ4n) is 4.99. The van der Waals surface area contributed by atoms with Gasteiger partial charge < -0.3 is 4.90 Å². The molecule has 3 heterocycles. The van der Waals surface area contributed by atoms with Crippen LogP contribution < -0.4 is 10.2 Å². The van der Waals surface area contributed by atoms with Gasteiger partial charge in [0.15, 0.2) is 5.41 Å². The molecule has 4 amide bonds. The van der Waals surface area contributed by atoms with Crippen LogP contribution in [0.1, 0.15) is 24.0 Å². The Morgan fingerprint density at radius 1 is 1.00 bits per heavy atom. The first-order valence-electron chi connectivity index (χ1n) is 9.67. The topological polar surface area (TPSA) is 69.7 Å². The quantitative estimate of drug-likeness (QED) is 0.819. The first-order valence-corrected chi connectivity index (χ1v) is 9.67. The highest BCUT2D eigenvalue weighted by Gasteiger charge is 2.62. The van der Waals surface area contributed by atoms with Crippen molar-refractivity contribution in [2.24, 2.45) is 5.41 Å². The Hall–Kier alpha value is -3.15. The molecule has 0 saturated carbocycles. The minimum absolute atomic E-state index is 0.162. The van der Waals surface area contributed by atoms with Crippen LogP contribution in [0.2, 0.25) is 0 Å². The third kappa shape index (κ3) is 2.30. The molecule has 2 saturated heterocycles. The van der Waals surface area contributed by atoms with Crippen LogP contribution in [-0.2, 0) is 22.6 Å². The van der Waals surface area contributed by atoms with E-state index in [0.717, 1.165) is 36.2 Å². The maximum absolute atomic E-state index is 13.7. The Morgan fingerprint density at radius 3 is 2.57 bits per heavy atom. The van der Waals surface area contributed by atoms with Crippen LogP contribution in [0.3, 0.4) is 0 Å². The van der Waals surface area contributed by atoms with Crippen molar-refractivity contribution in [2.45, 2.75) is 31.8 Å². The predicted molar refractivity (Wildman–Crippen MR) is 103 cm³/mol. The number of hydrogen-bond donors (Lipinski definition) is 1. The second kappa shape index (κ2) is 6.19. The molecule has 0 bridgehead atoms. The number of benzene rings is 2. The number of nitrogens with one attached hydrogen (secondary N) is 1. The summed E-state index contributed by atoms with van der Waals surface area (Å²) in [6.45, 7) is 0.978. The molecule has 3 aliphatic rings. The largest absolute Gasteiger partial charge is 0.367 e. The van der Waals surface area contributed by atoms with Crippen LogP contribution in [0, 0.1) is 5.41 Å². The summed E-state index contributed by atoms with van der Waals surface area (Å²) in [5.41, 5.74) is 1.68. The molecule has 0 aromatic heterocycles. The zero-order valence-corrected chi connectivity index (χ0v) is 15.4. The Balaban J connectivity index is 1.58. The molecule has 2 aromatic carbocycles. The minimum Gasteiger partial charge on any atom is -0.367 e. The van der Waals surface area contributed by atoms with Crippen molar-refractivity contribution in [2.75, 3.05) is 11.4 Å². The Kier molecular flexibility index (Phi) is 3.75. The molecule has 1 N–H and O–H groups in total. The second-order valence-electron chi connectivity index (χ2n) is 7.76. The van der Waals surface area contributed by atoms with Crippen molar-refractivity contribution in [1.82, 2.24) is 10.2 Å². The van der Waals surface area contributed by atoms with Gasteiger partial charge in [0.2, 0.25) is 11.8 Å². The number of imide groups is 2. The maximum Gasteiger partial charge on any atom is 0.331 e. The van der Waals surface area contributed by atoms with Crippen LogP contribution in [0.5, 0.6) is 0 Å². The first kappa shape index (κ1) is 17.0. The molecule has 3 aliphatic heterocycles. The molecule has 2 fully saturated rings. The molecule has 0 aliphatic carbocycles. The number of barbiturate groups is 1. The highest BCUT2D eigenvalue weighted by atomic mass is 16.2. The van der Waals surface area contributed by atoms with Gasteiger partial charge in [-0.3, -0.25) is 19.8 Å². The van der Waals surface area contributed by atoms with Crippen molar-refractivity contribution in [3.05, 3.63) is 65.7 Å². The molecule has 0 radical (unpaired) electrons. The number of urea groups is 1. The van der Waals surface area contributed by atoms with Crippen LogP contribution in [0.15, 0.2) is 54.6 Å². The summed E-state index contributed by atoms with van der Waals surface area (Å²) in [6, 6.07) is 16.5. The van der Waals surface area contributed by atoms with Gasteiger partial charge in [-0.2, -0.15) is 0 Å². The predicted octanol–water partition coefficient (Wildman–Crippen LogP) is 2.48. The summed E-state index contributed by atoms with van der Waals surface area (Å²) in [5.74, 6) is -0.838. The van der Waals surface area contributed by atoms with Gasteiger partial charge in [0.05, 0.1) is 12.6 Å². The Bertz CT molecular complexity index is 974. The van der Waals surface area contributed by atoms with Crippen molar-refractivity contribution in [3.8, 4) is 0 Å². The van der Waals surface area contributed by atoms with E-state index in [1.807, 2.05) is 48.5 Å². The summed E-state index contributed by atoms with van der Waals surface area (Å²) in [6.07, 6.45) is 2.02. The smallest absolute Gasteiger partial charge is 0.331 e. The SMILES string of the molecule is O=C1NC(=O)[C@]2(Cc3ccccc3N3CCC[C@@H]32)C(=O)N1Cc1ccccc1.